The molecule has 0 bridgehead atoms. The fourth-order valence-electron chi connectivity index (χ4n) is 0.788. The molecule has 1 unspecified atom stereocenters. The molecule has 9 heavy (non-hydrogen) atoms. The number of hydrogen-bond donors (Lipinski definition) is 0. The van der Waals surface area contributed by atoms with Crippen molar-refractivity contribution in [3.05, 3.63) is 12.2 Å². The summed E-state index contributed by atoms with van der Waals surface area (Å²) >= 11 is 0. The Kier molecular flexibility index (Phi) is 4.47. The Morgan fingerprint density at radius 2 is 1.78 bits per heavy atom. The molecule has 1 aliphatic rings. The number of allylic oxidation sites excluding steroid dienone is 2. The molecule has 0 aromatic heterocycles. The zero-order chi connectivity index (χ0) is 7.28. The molecule has 54 valence electrons. The van der Waals surface area contributed by atoms with Gasteiger partial charge in [-0.15, -0.1) is 0 Å². The molecule has 0 aromatic rings. The Hall–Kier alpha value is -0.260. The van der Waals surface area contributed by atoms with Crippen LogP contribution in [0.25, 0.3) is 0 Å². The van der Waals surface area contributed by atoms with E-state index in [4.69, 9.17) is 0 Å². The van der Waals surface area contributed by atoms with Gasteiger partial charge >= 0.3 is 0 Å². The lowest BCUT2D eigenvalue weighted by molar-refractivity contribution is 0.440. The van der Waals surface area contributed by atoms with Gasteiger partial charge in [0.25, 0.3) is 0 Å². The van der Waals surface area contributed by atoms with Gasteiger partial charge in [-0.2, -0.15) is 0 Å². The van der Waals surface area contributed by atoms with Crippen LogP contribution < -0.4 is 0 Å². The topological polar surface area (TPSA) is 0 Å². The highest BCUT2D eigenvalue weighted by atomic mass is 14.2. The van der Waals surface area contributed by atoms with Crippen molar-refractivity contribution >= 4 is 0 Å². The molecular weight excluding hydrogens is 108 g/mol. The molecule has 0 heterocycles. The van der Waals surface area contributed by atoms with Crippen molar-refractivity contribution in [1.82, 2.24) is 0 Å². The second kappa shape index (κ2) is 4.60. The summed E-state index contributed by atoms with van der Waals surface area (Å²) in [6.45, 7) is 8.54. The molecule has 1 rings (SSSR count). The fraction of sp³-hybridized carbons (Fsp3) is 0.778. The predicted molar refractivity (Wildman–Crippen MR) is 43.4 cm³/mol. The van der Waals surface area contributed by atoms with Crippen LogP contribution in [0.4, 0.5) is 0 Å². The second-order valence-electron chi connectivity index (χ2n) is 2.57. The van der Waals surface area contributed by atoms with Gasteiger partial charge in [-0.25, -0.2) is 0 Å². The standard InChI is InChI=1S/C7H12.C2H6/c1-6(2)7-4-3-5-7;1-2/h3-4,6-7H,5H2,1-2H3;1-2H3. The van der Waals surface area contributed by atoms with Crippen LogP contribution in [0.2, 0.25) is 0 Å². The van der Waals surface area contributed by atoms with Gasteiger partial charge in [0, 0.05) is 0 Å². The van der Waals surface area contributed by atoms with E-state index in [1.807, 2.05) is 13.8 Å². The summed E-state index contributed by atoms with van der Waals surface area (Å²) in [5.74, 6) is 1.77. The summed E-state index contributed by atoms with van der Waals surface area (Å²) in [6.07, 6.45) is 5.85. The SMILES string of the molecule is CC.CC(C)C1C=CC1. The minimum absolute atomic E-state index is 0.866. The van der Waals surface area contributed by atoms with Gasteiger partial charge in [0.15, 0.2) is 0 Å². The predicted octanol–water partition coefficient (Wildman–Crippen LogP) is 3.24. The Morgan fingerprint density at radius 1 is 1.33 bits per heavy atom. The van der Waals surface area contributed by atoms with Crippen LogP contribution in [-0.4, -0.2) is 0 Å². The molecule has 0 saturated carbocycles. The minimum Gasteiger partial charge on any atom is -0.0876 e. The highest BCUT2D eigenvalue weighted by Gasteiger charge is 2.12. The Bertz CT molecular complexity index is 80.0. The van der Waals surface area contributed by atoms with E-state index in [1.165, 1.54) is 6.42 Å². The lowest BCUT2D eigenvalue weighted by Gasteiger charge is -2.20. The first kappa shape index (κ1) is 8.74. The third-order valence-electron chi connectivity index (χ3n) is 1.65. The zero-order valence-corrected chi connectivity index (χ0v) is 7.02. The molecule has 0 spiro atoms. The van der Waals surface area contributed by atoms with Crippen molar-refractivity contribution in [2.24, 2.45) is 11.8 Å². The Morgan fingerprint density at radius 3 is 1.78 bits per heavy atom. The van der Waals surface area contributed by atoms with Crippen molar-refractivity contribution in [3.8, 4) is 0 Å². The second-order valence-corrected chi connectivity index (χ2v) is 2.57. The van der Waals surface area contributed by atoms with Gasteiger partial charge in [-0.05, 0) is 18.3 Å². The summed E-state index contributed by atoms with van der Waals surface area (Å²) < 4.78 is 0. The maximum atomic E-state index is 2.30. The van der Waals surface area contributed by atoms with E-state index in [-0.39, 0.29) is 0 Å². The van der Waals surface area contributed by atoms with Gasteiger partial charge in [0.1, 0.15) is 0 Å². The Labute approximate surface area is 59.0 Å². The van der Waals surface area contributed by atoms with E-state index in [0.717, 1.165) is 11.8 Å². The average Bonchev–Trinajstić information content (AvgIpc) is 1.65. The summed E-state index contributed by atoms with van der Waals surface area (Å²) in [4.78, 5) is 0. The lowest BCUT2D eigenvalue weighted by Crippen LogP contribution is -2.09. The van der Waals surface area contributed by atoms with E-state index >= 15 is 0 Å². The van der Waals surface area contributed by atoms with E-state index in [1.54, 1.807) is 0 Å². The highest BCUT2D eigenvalue weighted by molar-refractivity contribution is 5.02. The van der Waals surface area contributed by atoms with Crippen molar-refractivity contribution in [1.29, 1.82) is 0 Å². The van der Waals surface area contributed by atoms with Crippen molar-refractivity contribution < 1.29 is 0 Å². The molecule has 0 aromatic carbocycles. The van der Waals surface area contributed by atoms with Crippen LogP contribution in [0.3, 0.4) is 0 Å². The summed E-state index contributed by atoms with van der Waals surface area (Å²) in [5, 5.41) is 0. The van der Waals surface area contributed by atoms with Crippen LogP contribution in [0.15, 0.2) is 12.2 Å². The first-order valence-corrected chi connectivity index (χ1v) is 3.97. The average molecular weight is 126 g/mol. The summed E-state index contributed by atoms with van der Waals surface area (Å²) in [6, 6.07) is 0. The maximum absolute atomic E-state index is 2.30. The van der Waals surface area contributed by atoms with E-state index in [9.17, 15) is 0 Å². The molecule has 0 fully saturated rings. The molecule has 0 amide bonds. The maximum Gasteiger partial charge on any atom is -0.0176 e. The molecule has 0 radical (unpaired) electrons. The van der Waals surface area contributed by atoms with E-state index < -0.39 is 0 Å². The van der Waals surface area contributed by atoms with Crippen LogP contribution >= 0.6 is 0 Å². The highest BCUT2D eigenvalue weighted by Crippen LogP contribution is 2.24. The smallest absolute Gasteiger partial charge is 0.0176 e. The van der Waals surface area contributed by atoms with Gasteiger partial charge in [-0.3, -0.25) is 0 Å². The van der Waals surface area contributed by atoms with E-state index in [2.05, 4.69) is 26.0 Å². The minimum atomic E-state index is 0.866. The fourth-order valence-corrected chi connectivity index (χ4v) is 0.788. The first-order chi connectivity index (χ1) is 4.30. The quantitative estimate of drug-likeness (QED) is 0.473. The van der Waals surface area contributed by atoms with Crippen LogP contribution in [0, 0.1) is 11.8 Å². The van der Waals surface area contributed by atoms with Crippen LogP contribution in [0.1, 0.15) is 34.1 Å². The van der Waals surface area contributed by atoms with Crippen molar-refractivity contribution in [3.63, 3.8) is 0 Å². The van der Waals surface area contributed by atoms with Gasteiger partial charge in [-0.1, -0.05) is 39.8 Å². The van der Waals surface area contributed by atoms with Crippen molar-refractivity contribution in [2.75, 3.05) is 0 Å². The molecule has 0 aliphatic heterocycles. The van der Waals surface area contributed by atoms with Gasteiger partial charge in [0.05, 0.1) is 0 Å². The largest absolute Gasteiger partial charge is 0.0876 e. The van der Waals surface area contributed by atoms with Gasteiger partial charge < -0.3 is 0 Å². The molecule has 0 heteroatoms. The third kappa shape index (κ3) is 2.69. The van der Waals surface area contributed by atoms with Crippen molar-refractivity contribution in [2.45, 2.75) is 34.1 Å². The summed E-state index contributed by atoms with van der Waals surface area (Å²) in [7, 11) is 0. The molecule has 1 aliphatic carbocycles. The molecule has 0 saturated heterocycles. The summed E-state index contributed by atoms with van der Waals surface area (Å²) in [5.41, 5.74) is 0. The monoisotopic (exact) mass is 126 g/mol. The number of hydrogen-bond acceptors (Lipinski definition) is 0. The number of rotatable bonds is 1. The third-order valence-corrected chi connectivity index (χ3v) is 1.65. The molecule has 0 N–H and O–H groups in total. The molecule has 1 atom stereocenters. The Balaban J connectivity index is 0.000000291. The molecular formula is C9H18. The molecule has 0 nitrogen and oxygen atoms in total. The van der Waals surface area contributed by atoms with Crippen LogP contribution in [-0.2, 0) is 0 Å². The van der Waals surface area contributed by atoms with E-state index in [0.29, 0.717) is 0 Å². The normalized spacial score (nSPS) is 22.6. The van der Waals surface area contributed by atoms with Crippen LogP contribution in [0.5, 0.6) is 0 Å². The first-order valence-electron chi connectivity index (χ1n) is 3.97. The zero-order valence-electron chi connectivity index (χ0n) is 7.02. The lowest BCUT2D eigenvalue weighted by atomic mass is 9.85. The van der Waals surface area contributed by atoms with Gasteiger partial charge in [0.2, 0.25) is 0 Å².